The Morgan fingerprint density at radius 2 is 1.86 bits per heavy atom. The van der Waals surface area contributed by atoms with Gasteiger partial charge in [-0.1, -0.05) is 12.1 Å². The molecule has 0 aliphatic carbocycles. The van der Waals surface area contributed by atoms with Crippen molar-refractivity contribution in [3.8, 4) is 10.6 Å². The van der Waals surface area contributed by atoms with Crippen LogP contribution in [0.4, 0.5) is 4.39 Å². The molecule has 2 aromatic heterocycles. The molecule has 1 N–H and O–H groups in total. The molecular weight excluding hydrogens is 475 g/mol. The summed E-state index contributed by atoms with van der Waals surface area (Å²) in [5.74, 6) is -0.608. The molecule has 1 fully saturated rings. The highest BCUT2D eigenvalue weighted by Gasteiger charge is 2.18. The Balaban J connectivity index is 1.35. The summed E-state index contributed by atoms with van der Waals surface area (Å²) in [5.41, 5.74) is 7.56. The van der Waals surface area contributed by atoms with Gasteiger partial charge in [-0.3, -0.25) is 9.69 Å². The van der Waals surface area contributed by atoms with Gasteiger partial charge in [0.05, 0.1) is 17.0 Å². The molecule has 0 atom stereocenters. The van der Waals surface area contributed by atoms with E-state index in [4.69, 9.17) is 4.98 Å². The predicted molar refractivity (Wildman–Crippen MR) is 143 cm³/mol. The van der Waals surface area contributed by atoms with E-state index < -0.39 is 0 Å². The third kappa shape index (κ3) is 5.23. The number of fused-ring (bicyclic) bond motifs is 1. The Labute approximate surface area is 213 Å². The number of amides is 1. The maximum atomic E-state index is 13.2. The minimum Gasteiger partial charge on any atom is -0.350 e. The van der Waals surface area contributed by atoms with Crippen LogP contribution in [-0.2, 0) is 13.6 Å². The summed E-state index contributed by atoms with van der Waals surface area (Å²) in [6, 6.07) is 12.1. The van der Waals surface area contributed by atoms with E-state index in [0.717, 1.165) is 65.5 Å². The zero-order valence-electron chi connectivity index (χ0n) is 20.7. The van der Waals surface area contributed by atoms with Gasteiger partial charge >= 0.3 is 0 Å². The van der Waals surface area contributed by atoms with Gasteiger partial charge in [-0.25, -0.2) is 14.8 Å². The van der Waals surface area contributed by atoms with Gasteiger partial charge in [0.25, 0.3) is 5.91 Å². The summed E-state index contributed by atoms with van der Waals surface area (Å²) in [6.45, 7) is 6.91. The van der Waals surface area contributed by atoms with E-state index in [0.29, 0.717) is 11.3 Å². The molecule has 9 heteroatoms. The van der Waals surface area contributed by atoms with Crippen LogP contribution in [-0.4, -0.2) is 64.2 Å². The minimum absolute atomic E-state index is 0.297. The molecule has 0 spiro atoms. The van der Waals surface area contributed by atoms with Crippen molar-refractivity contribution in [2.45, 2.75) is 13.5 Å². The van der Waals surface area contributed by atoms with Crippen LogP contribution in [0.5, 0.6) is 0 Å². The zero-order chi connectivity index (χ0) is 25.2. The highest BCUT2D eigenvalue weighted by Crippen LogP contribution is 2.30. The van der Waals surface area contributed by atoms with Crippen LogP contribution >= 0.6 is 11.3 Å². The molecule has 5 rings (SSSR count). The van der Waals surface area contributed by atoms with Gasteiger partial charge in [0.2, 0.25) is 0 Å². The van der Waals surface area contributed by atoms with Gasteiger partial charge in [-0.2, -0.15) is 5.10 Å². The molecule has 1 aliphatic rings. The number of thiazole rings is 1. The normalized spacial score (nSPS) is 15.5. The lowest BCUT2D eigenvalue weighted by Gasteiger charge is -2.31. The quantitative estimate of drug-likeness (QED) is 0.313. The predicted octanol–water partition coefficient (Wildman–Crippen LogP) is 4.34. The molecule has 1 saturated heterocycles. The highest BCUT2D eigenvalue weighted by molar-refractivity contribution is 7.13. The van der Waals surface area contributed by atoms with Crippen molar-refractivity contribution in [1.29, 1.82) is 0 Å². The Morgan fingerprint density at radius 3 is 2.61 bits per heavy atom. The monoisotopic (exact) mass is 504 g/mol. The largest absolute Gasteiger partial charge is 0.350 e. The topological polar surface area (TPSA) is 65.8 Å². The number of halogens is 1. The molecule has 36 heavy (non-hydrogen) atoms. The number of nitrogens with zero attached hydrogens (tertiary/aromatic N) is 5. The maximum Gasteiger partial charge on any atom is 0.273 e. The first kappa shape index (κ1) is 24.3. The number of carbonyl (C=O) groups is 1. The second-order valence-electron chi connectivity index (χ2n) is 9.25. The van der Waals surface area contributed by atoms with Crippen LogP contribution in [0.2, 0.25) is 0 Å². The Bertz CT molecular complexity index is 1420. The van der Waals surface area contributed by atoms with Crippen molar-refractivity contribution in [2.24, 2.45) is 12.1 Å². The first-order valence-corrected chi connectivity index (χ1v) is 12.8. The van der Waals surface area contributed by atoms with Gasteiger partial charge in [0, 0.05) is 67.8 Å². The number of rotatable bonds is 6. The van der Waals surface area contributed by atoms with Crippen molar-refractivity contribution in [2.75, 3.05) is 33.2 Å². The zero-order valence-corrected chi connectivity index (χ0v) is 21.5. The summed E-state index contributed by atoms with van der Waals surface area (Å²) < 4.78 is 15.1. The van der Waals surface area contributed by atoms with Crippen LogP contribution < -0.4 is 5.43 Å². The molecule has 2 aromatic carbocycles. The van der Waals surface area contributed by atoms with E-state index in [1.54, 1.807) is 30.4 Å². The van der Waals surface area contributed by atoms with Crippen LogP contribution in [0.1, 0.15) is 28.5 Å². The molecule has 7 nitrogen and oxygen atoms in total. The SMILES string of the molecule is C/C(=N\NC(=O)c1cn(C)c2ccc(-c3nc(CN4CCN(C)CC4)cs3)cc12)c1ccc(F)cc1. The lowest BCUT2D eigenvalue weighted by Crippen LogP contribution is -2.43. The smallest absolute Gasteiger partial charge is 0.273 e. The standard InChI is InChI=1S/C27H29FN6OS/c1-18(19-4-7-21(28)8-5-19)30-31-26(35)24-16-33(3)25-9-6-20(14-23(24)25)27-29-22(17-36-27)15-34-12-10-32(2)11-13-34/h4-9,14,16-17H,10-13,15H2,1-3H3,(H,31,35)/b30-18+. The molecule has 186 valence electrons. The molecule has 1 amide bonds. The summed E-state index contributed by atoms with van der Waals surface area (Å²) in [4.78, 5) is 22.7. The van der Waals surface area contributed by atoms with Gasteiger partial charge in [0.1, 0.15) is 10.8 Å². The number of hydrogen-bond acceptors (Lipinski definition) is 6. The van der Waals surface area contributed by atoms with Crippen LogP contribution in [0.15, 0.2) is 59.1 Å². The molecular formula is C27H29FN6OS. The first-order chi connectivity index (χ1) is 17.4. The number of aromatic nitrogens is 2. The molecule has 0 unspecified atom stereocenters. The fourth-order valence-electron chi connectivity index (χ4n) is 4.40. The lowest BCUT2D eigenvalue weighted by molar-refractivity contribution is 0.0956. The summed E-state index contributed by atoms with van der Waals surface area (Å²) >= 11 is 1.63. The fraction of sp³-hybridized carbons (Fsp3) is 0.296. The number of hydrazone groups is 1. The van der Waals surface area contributed by atoms with E-state index in [9.17, 15) is 9.18 Å². The number of hydrogen-bond donors (Lipinski definition) is 1. The Kier molecular flexibility index (Phi) is 6.95. The van der Waals surface area contributed by atoms with E-state index in [-0.39, 0.29) is 11.7 Å². The van der Waals surface area contributed by atoms with E-state index >= 15 is 0 Å². The summed E-state index contributed by atoms with van der Waals surface area (Å²) in [7, 11) is 4.08. The van der Waals surface area contributed by atoms with Crippen molar-refractivity contribution < 1.29 is 9.18 Å². The van der Waals surface area contributed by atoms with Crippen molar-refractivity contribution in [3.63, 3.8) is 0 Å². The third-order valence-corrected chi connectivity index (χ3v) is 7.54. The molecule has 4 aromatic rings. The van der Waals surface area contributed by atoms with Crippen LogP contribution in [0, 0.1) is 5.82 Å². The van der Waals surface area contributed by atoms with Crippen LogP contribution in [0.3, 0.4) is 0 Å². The number of likely N-dealkylation sites (N-methyl/N-ethyl adjacent to an activating group) is 1. The number of piperazine rings is 1. The number of nitrogens with one attached hydrogen (secondary N) is 1. The molecule has 1 aliphatic heterocycles. The maximum absolute atomic E-state index is 13.2. The highest BCUT2D eigenvalue weighted by atomic mass is 32.1. The number of benzene rings is 2. The van der Waals surface area contributed by atoms with E-state index in [1.165, 1.54) is 12.1 Å². The number of aryl methyl sites for hydroxylation is 1. The van der Waals surface area contributed by atoms with Gasteiger partial charge < -0.3 is 9.47 Å². The Hall–Kier alpha value is -3.40. The van der Waals surface area contributed by atoms with Crippen molar-refractivity contribution in [1.82, 2.24) is 24.8 Å². The van der Waals surface area contributed by atoms with E-state index in [2.05, 4.69) is 38.8 Å². The fourth-order valence-corrected chi connectivity index (χ4v) is 5.21. The second-order valence-corrected chi connectivity index (χ2v) is 10.1. The molecule has 0 bridgehead atoms. The average Bonchev–Trinajstić information content (AvgIpc) is 3.48. The van der Waals surface area contributed by atoms with Gasteiger partial charge in [-0.05, 0) is 49.9 Å². The summed E-state index contributed by atoms with van der Waals surface area (Å²) in [5, 5.41) is 8.15. The summed E-state index contributed by atoms with van der Waals surface area (Å²) in [6.07, 6.45) is 1.81. The van der Waals surface area contributed by atoms with Crippen molar-refractivity contribution in [3.05, 3.63) is 76.7 Å². The van der Waals surface area contributed by atoms with Gasteiger partial charge in [-0.15, -0.1) is 11.3 Å². The second kappa shape index (κ2) is 10.3. The van der Waals surface area contributed by atoms with Gasteiger partial charge in [0.15, 0.2) is 0 Å². The van der Waals surface area contributed by atoms with Crippen molar-refractivity contribution >= 4 is 33.9 Å². The average molecular weight is 505 g/mol. The molecule has 3 heterocycles. The van der Waals surface area contributed by atoms with Crippen LogP contribution in [0.25, 0.3) is 21.5 Å². The minimum atomic E-state index is -0.311. The molecule has 0 radical (unpaired) electrons. The Morgan fingerprint density at radius 1 is 1.11 bits per heavy atom. The van der Waals surface area contributed by atoms with E-state index in [1.807, 2.05) is 29.9 Å². The number of carbonyl (C=O) groups excluding carboxylic acids is 1. The third-order valence-electron chi connectivity index (χ3n) is 6.60. The molecule has 0 saturated carbocycles. The lowest BCUT2D eigenvalue weighted by atomic mass is 10.1. The first-order valence-electron chi connectivity index (χ1n) is 11.9.